The summed E-state index contributed by atoms with van der Waals surface area (Å²) in [6.07, 6.45) is 1.60. The second-order valence-electron chi connectivity index (χ2n) is 7.89. The van der Waals surface area contributed by atoms with Gasteiger partial charge in [0, 0.05) is 24.6 Å². The fourth-order valence-electron chi connectivity index (χ4n) is 3.55. The Labute approximate surface area is 171 Å². The molecule has 29 heavy (non-hydrogen) atoms. The summed E-state index contributed by atoms with van der Waals surface area (Å²) >= 11 is 0. The van der Waals surface area contributed by atoms with Crippen LogP contribution >= 0.6 is 7.14 Å². The predicted octanol–water partition coefficient (Wildman–Crippen LogP) is 4.82. The average molecular weight is 404 g/mol. The van der Waals surface area contributed by atoms with Crippen molar-refractivity contribution in [2.45, 2.75) is 13.5 Å². The second kappa shape index (κ2) is 7.49. The monoisotopic (exact) mass is 404 g/mol. The number of rotatable bonds is 5. The van der Waals surface area contributed by atoms with Crippen molar-refractivity contribution in [1.82, 2.24) is 15.0 Å². The fourth-order valence-corrected chi connectivity index (χ4v) is 4.41. The lowest BCUT2D eigenvalue weighted by atomic mass is 10.1. The van der Waals surface area contributed by atoms with Gasteiger partial charge in [-0.15, -0.1) is 0 Å². The van der Waals surface area contributed by atoms with Gasteiger partial charge in [0.05, 0.1) is 5.39 Å². The third-order valence-corrected chi connectivity index (χ3v) is 6.61. The number of aromatic nitrogens is 3. The first-order valence-corrected chi connectivity index (χ1v) is 12.2. The van der Waals surface area contributed by atoms with Crippen LogP contribution < -0.4 is 10.2 Å². The zero-order valence-electron chi connectivity index (χ0n) is 17.2. The summed E-state index contributed by atoms with van der Waals surface area (Å²) in [4.78, 5) is 14.5. The molecule has 5 nitrogen and oxygen atoms in total. The number of aryl methyl sites for hydroxylation is 1. The number of aromatic amines is 1. The Morgan fingerprint density at radius 1 is 1.03 bits per heavy atom. The maximum absolute atomic E-state index is 12.3. The molecule has 0 amide bonds. The van der Waals surface area contributed by atoms with Crippen molar-refractivity contribution in [1.29, 1.82) is 0 Å². The van der Waals surface area contributed by atoms with Crippen LogP contribution in [0.15, 0.2) is 60.9 Å². The van der Waals surface area contributed by atoms with Gasteiger partial charge in [0.2, 0.25) is 0 Å². The van der Waals surface area contributed by atoms with Gasteiger partial charge in [-0.25, -0.2) is 9.97 Å². The fraction of sp³-hybridized carbons (Fsp3) is 0.217. The van der Waals surface area contributed by atoms with Gasteiger partial charge >= 0.3 is 0 Å². The summed E-state index contributed by atoms with van der Waals surface area (Å²) in [5.41, 5.74) is 5.31. The van der Waals surface area contributed by atoms with E-state index in [4.69, 9.17) is 0 Å². The Kier molecular flexibility index (Phi) is 5.01. The minimum atomic E-state index is -2.25. The molecule has 4 aromatic rings. The van der Waals surface area contributed by atoms with Crippen molar-refractivity contribution in [3.05, 3.63) is 72.1 Å². The van der Waals surface area contributed by atoms with Crippen molar-refractivity contribution in [2.75, 3.05) is 25.3 Å². The van der Waals surface area contributed by atoms with Crippen molar-refractivity contribution < 1.29 is 4.57 Å². The molecule has 0 radical (unpaired) electrons. The minimum absolute atomic E-state index is 0.769. The quantitative estimate of drug-likeness (QED) is 0.485. The highest BCUT2D eigenvalue weighted by Gasteiger charge is 2.14. The van der Waals surface area contributed by atoms with E-state index in [1.165, 1.54) is 11.1 Å². The van der Waals surface area contributed by atoms with Crippen molar-refractivity contribution in [3.8, 4) is 11.3 Å². The van der Waals surface area contributed by atoms with Crippen molar-refractivity contribution in [3.63, 3.8) is 0 Å². The topological polar surface area (TPSA) is 61.9 Å². The highest BCUT2D eigenvalue weighted by atomic mass is 31.2. The largest absolute Gasteiger partial charge is 0.355 e. The first kappa shape index (κ1) is 19.4. The highest BCUT2D eigenvalue weighted by Crippen LogP contribution is 2.35. The van der Waals surface area contributed by atoms with Crippen molar-refractivity contribution >= 4 is 29.3 Å². The molecular weight excluding hydrogens is 379 g/mol. The number of hydrogen-bond donors (Lipinski definition) is 1. The zero-order valence-corrected chi connectivity index (χ0v) is 18.1. The van der Waals surface area contributed by atoms with Crippen LogP contribution in [0.4, 0.5) is 5.82 Å². The molecule has 2 heterocycles. The van der Waals surface area contributed by atoms with E-state index in [1.807, 2.05) is 31.3 Å². The van der Waals surface area contributed by atoms with E-state index in [0.717, 1.165) is 40.0 Å². The summed E-state index contributed by atoms with van der Waals surface area (Å²) in [6.45, 7) is 6.45. The molecule has 6 heteroatoms. The lowest BCUT2D eigenvalue weighted by Crippen LogP contribution is -2.18. The van der Waals surface area contributed by atoms with Gasteiger partial charge in [-0.1, -0.05) is 54.1 Å². The van der Waals surface area contributed by atoms with E-state index in [2.05, 4.69) is 57.1 Å². The average Bonchev–Trinajstić information content (AvgIpc) is 3.11. The molecule has 2 aromatic heterocycles. The molecule has 0 saturated heterocycles. The summed E-state index contributed by atoms with van der Waals surface area (Å²) in [7, 11) is -0.208. The third kappa shape index (κ3) is 4.10. The maximum Gasteiger partial charge on any atom is 0.143 e. The Bertz CT molecular complexity index is 1210. The van der Waals surface area contributed by atoms with E-state index < -0.39 is 7.14 Å². The van der Waals surface area contributed by atoms with Crippen LogP contribution in [0.2, 0.25) is 0 Å². The molecule has 4 rings (SSSR count). The van der Waals surface area contributed by atoms with Gasteiger partial charge in [-0.3, -0.25) is 0 Å². The van der Waals surface area contributed by atoms with E-state index in [1.54, 1.807) is 19.7 Å². The Balaban J connectivity index is 1.67. The summed E-state index contributed by atoms with van der Waals surface area (Å²) in [5.74, 6) is 0.891. The number of fused-ring (bicyclic) bond motifs is 1. The lowest BCUT2D eigenvalue weighted by Gasteiger charge is -2.19. The zero-order chi connectivity index (χ0) is 20.6. The molecule has 0 spiro atoms. The highest BCUT2D eigenvalue weighted by molar-refractivity contribution is 7.70. The lowest BCUT2D eigenvalue weighted by molar-refractivity contribution is 0.588. The van der Waals surface area contributed by atoms with Gasteiger partial charge in [0.15, 0.2) is 0 Å². The normalized spacial score (nSPS) is 11.7. The van der Waals surface area contributed by atoms with Crippen LogP contribution in [0.25, 0.3) is 22.3 Å². The number of nitrogens with zero attached hydrogens (tertiary/aromatic N) is 3. The van der Waals surface area contributed by atoms with Gasteiger partial charge < -0.3 is 14.4 Å². The van der Waals surface area contributed by atoms with E-state index in [9.17, 15) is 4.57 Å². The van der Waals surface area contributed by atoms with Crippen LogP contribution in [0.1, 0.15) is 11.1 Å². The van der Waals surface area contributed by atoms with Crippen LogP contribution in [-0.4, -0.2) is 35.3 Å². The second-order valence-corrected chi connectivity index (χ2v) is 11.1. The first-order chi connectivity index (χ1) is 13.8. The van der Waals surface area contributed by atoms with E-state index in [0.29, 0.717) is 0 Å². The molecule has 0 atom stereocenters. The number of benzene rings is 2. The molecule has 0 bridgehead atoms. The van der Waals surface area contributed by atoms with Gasteiger partial charge in [0.25, 0.3) is 0 Å². The smallest absolute Gasteiger partial charge is 0.143 e. The minimum Gasteiger partial charge on any atom is -0.355 e. The van der Waals surface area contributed by atoms with Gasteiger partial charge in [0.1, 0.15) is 24.9 Å². The Morgan fingerprint density at radius 2 is 1.79 bits per heavy atom. The van der Waals surface area contributed by atoms with Crippen LogP contribution in [0.5, 0.6) is 0 Å². The maximum atomic E-state index is 12.3. The first-order valence-electron chi connectivity index (χ1n) is 9.57. The van der Waals surface area contributed by atoms with E-state index in [-0.39, 0.29) is 0 Å². The molecule has 0 aliphatic carbocycles. The summed E-state index contributed by atoms with van der Waals surface area (Å²) in [6, 6.07) is 18.5. The molecule has 148 valence electrons. The molecule has 0 unspecified atom stereocenters. The standard InChI is InChI=1S/C23H25N4OP/c1-16-6-5-7-17(12-16)14-27(2)23-20-13-21(26-22(20)24-15-25-23)18-8-10-19(11-9-18)29(3,4)28/h5-13,15H,14H2,1-4H3,(H,24,25,26). The molecular formula is C23H25N4OP. The van der Waals surface area contributed by atoms with E-state index >= 15 is 0 Å². The third-order valence-electron chi connectivity index (χ3n) is 5.07. The van der Waals surface area contributed by atoms with Crippen molar-refractivity contribution in [2.24, 2.45) is 0 Å². The Morgan fingerprint density at radius 3 is 2.48 bits per heavy atom. The van der Waals surface area contributed by atoms with Crippen LogP contribution in [0, 0.1) is 6.92 Å². The van der Waals surface area contributed by atoms with Gasteiger partial charge in [-0.05, 0) is 37.4 Å². The number of hydrogen-bond acceptors (Lipinski definition) is 4. The van der Waals surface area contributed by atoms with Crippen LogP contribution in [0.3, 0.4) is 0 Å². The molecule has 0 aliphatic rings. The molecule has 0 saturated carbocycles. The van der Waals surface area contributed by atoms with Gasteiger partial charge in [-0.2, -0.15) is 0 Å². The number of anilines is 1. The summed E-state index contributed by atoms with van der Waals surface area (Å²) < 4.78 is 12.3. The predicted molar refractivity (Wildman–Crippen MR) is 122 cm³/mol. The molecule has 0 fully saturated rings. The summed E-state index contributed by atoms with van der Waals surface area (Å²) in [5, 5.41) is 1.87. The number of H-pyrrole nitrogens is 1. The SMILES string of the molecule is Cc1cccc(CN(C)c2ncnc3[nH]c(-c4ccc(P(C)(C)=O)cc4)cc23)c1. The van der Waals surface area contributed by atoms with Crippen LogP contribution in [-0.2, 0) is 11.1 Å². The molecule has 2 aromatic carbocycles. The molecule has 1 N–H and O–H groups in total. The number of nitrogens with one attached hydrogen (secondary N) is 1. The molecule has 0 aliphatic heterocycles. The Hall–Kier alpha value is -2.91.